The number of hydrogen-bond acceptors (Lipinski definition) is 6. The number of fused-ring (bicyclic) bond motifs is 1. The Kier molecular flexibility index (Phi) is 5.69. The lowest BCUT2D eigenvalue weighted by Crippen LogP contribution is -2.37. The molecule has 9 heteroatoms. The van der Waals surface area contributed by atoms with Crippen molar-refractivity contribution in [3.05, 3.63) is 63.0 Å². The first-order valence-electron chi connectivity index (χ1n) is 9.12. The summed E-state index contributed by atoms with van der Waals surface area (Å²) in [5.41, 5.74) is 2.26. The summed E-state index contributed by atoms with van der Waals surface area (Å²) in [7, 11) is 0. The minimum absolute atomic E-state index is 0.0510. The van der Waals surface area contributed by atoms with Gasteiger partial charge < -0.3 is 14.8 Å². The molecule has 3 amide bonds. The molecule has 2 aromatic rings. The summed E-state index contributed by atoms with van der Waals surface area (Å²) in [6.45, 7) is 2.21. The third kappa shape index (κ3) is 4.15. The smallest absolute Gasteiger partial charge is 0.293 e. The number of imide groups is 1. The molecule has 0 saturated carbocycles. The first kappa shape index (κ1) is 20.3. The van der Waals surface area contributed by atoms with Crippen LogP contribution in [0.1, 0.15) is 21.5 Å². The Bertz CT molecular complexity index is 1070. The van der Waals surface area contributed by atoms with Crippen molar-refractivity contribution in [2.24, 2.45) is 0 Å². The summed E-state index contributed by atoms with van der Waals surface area (Å²) in [6, 6.07) is 10.7. The van der Waals surface area contributed by atoms with Gasteiger partial charge >= 0.3 is 0 Å². The SMILES string of the molecule is Cc1ccc(/C=C2\SC(=O)N(CCNC(=O)c3cc(Cl)c4c(c3)OCO4)C2=O)cc1. The second-order valence-corrected chi connectivity index (χ2v) is 8.09. The van der Waals surface area contributed by atoms with Crippen LogP contribution in [0.5, 0.6) is 11.5 Å². The predicted molar refractivity (Wildman–Crippen MR) is 114 cm³/mol. The van der Waals surface area contributed by atoms with E-state index in [2.05, 4.69) is 5.32 Å². The van der Waals surface area contributed by atoms with E-state index in [0.29, 0.717) is 22.0 Å². The molecule has 0 unspecified atom stereocenters. The number of nitrogens with one attached hydrogen (secondary N) is 1. The lowest BCUT2D eigenvalue weighted by atomic mass is 10.1. The molecule has 7 nitrogen and oxygen atoms in total. The van der Waals surface area contributed by atoms with E-state index in [0.717, 1.165) is 27.8 Å². The standard InChI is InChI=1S/C21H17ClN2O5S/c1-12-2-4-13(5-3-12)8-17-20(26)24(21(27)30-17)7-6-23-19(25)14-9-15(22)18-16(10-14)28-11-29-18/h2-5,8-10H,6-7,11H2,1H3,(H,23,25)/b17-8-. The first-order valence-corrected chi connectivity index (χ1v) is 10.3. The number of carbonyl (C=O) groups is 3. The number of rotatable bonds is 5. The highest BCUT2D eigenvalue weighted by molar-refractivity contribution is 8.18. The molecule has 2 heterocycles. The zero-order chi connectivity index (χ0) is 21.3. The zero-order valence-corrected chi connectivity index (χ0v) is 17.5. The molecule has 4 rings (SSSR count). The Morgan fingerprint density at radius 2 is 2.00 bits per heavy atom. The Balaban J connectivity index is 1.36. The monoisotopic (exact) mass is 444 g/mol. The van der Waals surface area contributed by atoms with Crippen molar-refractivity contribution in [2.45, 2.75) is 6.92 Å². The van der Waals surface area contributed by atoms with Crippen LogP contribution < -0.4 is 14.8 Å². The van der Waals surface area contributed by atoms with Crippen LogP contribution in [-0.2, 0) is 4.79 Å². The van der Waals surface area contributed by atoms with Gasteiger partial charge in [0.1, 0.15) is 0 Å². The van der Waals surface area contributed by atoms with Gasteiger partial charge in [-0.25, -0.2) is 0 Å². The van der Waals surface area contributed by atoms with Crippen molar-refractivity contribution >= 4 is 46.5 Å². The summed E-state index contributed by atoms with van der Waals surface area (Å²) in [5.74, 6) is 0.0505. The van der Waals surface area contributed by atoms with Crippen LogP contribution in [0.25, 0.3) is 6.08 Å². The summed E-state index contributed by atoms with van der Waals surface area (Å²) < 4.78 is 10.5. The summed E-state index contributed by atoms with van der Waals surface area (Å²) in [5, 5.41) is 2.60. The molecule has 2 aliphatic rings. The highest BCUT2D eigenvalue weighted by atomic mass is 35.5. The molecule has 0 aromatic heterocycles. The van der Waals surface area contributed by atoms with E-state index in [1.807, 2.05) is 31.2 Å². The summed E-state index contributed by atoms with van der Waals surface area (Å²) >= 11 is 6.98. The maximum atomic E-state index is 12.6. The molecule has 2 aromatic carbocycles. The molecular formula is C21H17ClN2O5S. The van der Waals surface area contributed by atoms with Crippen molar-refractivity contribution in [3.8, 4) is 11.5 Å². The average molecular weight is 445 g/mol. The second kappa shape index (κ2) is 8.41. The normalized spacial score (nSPS) is 16.5. The fourth-order valence-corrected chi connectivity index (χ4v) is 4.12. The van der Waals surface area contributed by atoms with Crippen LogP contribution in [0, 0.1) is 6.92 Å². The van der Waals surface area contributed by atoms with Gasteiger partial charge in [0.2, 0.25) is 6.79 Å². The van der Waals surface area contributed by atoms with E-state index in [1.54, 1.807) is 6.08 Å². The van der Waals surface area contributed by atoms with Crippen LogP contribution in [-0.4, -0.2) is 41.8 Å². The molecule has 0 atom stereocenters. The van der Waals surface area contributed by atoms with Crippen molar-refractivity contribution in [2.75, 3.05) is 19.9 Å². The van der Waals surface area contributed by atoms with Crippen molar-refractivity contribution in [1.82, 2.24) is 10.2 Å². The van der Waals surface area contributed by atoms with Crippen molar-refractivity contribution < 1.29 is 23.9 Å². The van der Waals surface area contributed by atoms with Crippen molar-refractivity contribution in [1.29, 1.82) is 0 Å². The van der Waals surface area contributed by atoms with Crippen LogP contribution in [0.3, 0.4) is 0 Å². The number of amides is 3. The van der Waals surface area contributed by atoms with Gasteiger partial charge in [-0.15, -0.1) is 0 Å². The van der Waals surface area contributed by atoms with Gasteiger partial charge in [0.05, 0.1) is 9.93 Å². The third-order valence-electron chi connectivity index (χ3n) is 4.56. The minimum Gasteiger partial charge on any atom is -0.454 e. The largest absolute Gasteiger partial charge is 0.454 e. The number of aryl methyl sites for hydroxylation is 1. The molecule has 0 aliphatic carbocycles. The number of hydrogen-bond donors (Lipinski definition) is 1. The molecule has 0 radical (unpaired) electrons. The highest BCUT2D eigenvalue weighted by Crippen LogP contribution is 2.39. The summed E-state index contributed by atoms with van der Waals surface area (Å²) in [6.07, 6.45) is 1.69. The first-order chi connectivity index (χ1) is 14.4. The maximum absolute atomic E-state index is 12.6. The lowest BCUT2D eigenvalue weighted by molar-refractivity contribution is -0.122. The van der Waals surface area contributed by atoms with E-state index in [1.165, 1.54) is 12.1 Å². The minimum atomic E-state index is -0.391. The molecule has 1 N–H and O–H groups in total. The Morgan fingerprint density at radius 1 is 1.23 bits per heavy atom. The highest BCUT2D eigenvalue weighted by Gasteiger charge is 2.34. The topological polar surface area (TPSA) is 84.9 Å². The lowest BCUT2D eigenvalue weighted by Gasteiger charge is -2.13. The zero-order valence-electron chi connectivity index (χ0n) is 15.9. The Hall–Kier alpha value is -2.97. The average Bonchev–Trinajstić information content (AvgIpc) is 3.30. The van der Waals surface area contributed by atoms with E-state index in [4.69, 9.17) is 21.1 Å². The Labute approximate surface area is 182 Å². The van der Waals surface area contributed by atoms with Crippen LogP contribution in [0.2, 0.25) is 5.02 Å². The van der Waals surface area contributed by atoms with Gasteiger partial charge in [-0.1, -0.05) is 41.4 Å². The number of benzene rings is 2. The second-order valence-electron chi connectivity index (χ2n) is 6.69. The van der Waals surface area contributed by atoms with E-state index in [9.17, 15) is 14.4 Å². The molecule has 1 fully saturated rings. The maximum Gasteiger partial charge on any atom is 0.293 e. The van der Waals surface area contributed by atoms with Crippen LogP contribution >= 0.6 is 23.4 Å². The number of halogens is 1. The van der Waals surface area contributed by atoms with Gasteiger partial charge in [-0.05, 0) is 42.5 Å². The number of ether oxygens (including phenoxy) is 2. The van der Waals surface area contributed by atoms with Gasteiger partial charge in [0, 0.05) is 18.7 Å². The van der Waals surface area contributed by atoms with Crippen LogP contribution in [0.15, 0.2) is 41.3 Å². The van der Waals surface area contributed by atoms with E-state index in [-0.39, 0.29) is 36.1 Å². The molecule has 30 heavy (non-hydrogen) atoms. The van der Waals surface area contributed by atoms with Crippen LogP contribution in [0.4, 0.5) is 4.79 Å². The molecular weight excluding hydrogens is 428 g/mol. The van der Waals surface area contributed by atoms with E-state index >= 15 is 0 Å². The number of thioether (sulfide) groups is 1. The predicted octanol–water partition coefficient (Wildman–Crippen LogP) is 3.84. The fourth-order valence-electron chi connectivity index (χ4n) is 2.99. The number of nitrogens with zero attached hydrogens (tertiary/aromatic N) is 1. The van der Waals surface area contributed by atoms with Gasteiger partial charge in [-0.2, -0.15) is 0 Å². The third-order valence-corrected chi connectivity index (χ3v) is 5.75. The van der Waals surface area contributed by atoms with Gasteiger partial charge in [0.25, 0.3) is 17.1 Å². The fraction of sp³-hybridized carbons (Fsp3) is 0.190. The van der Waals surface area contributed by atoms with Gasteiger partial charge in [0.15, 0.2) is 11.5 Å². The quantitative estimate of drug-likeness (QED) is 0.705. The molecule has 0 spiro atoms. The summed E-state index contributed by atoms with van der Waals surface area (Å²) in [4.78, 5) is 38.7. The van der Waals surface area contributed by atoms with Gasteiger partial charge in [-0.3, -0.25) is 19.3 Å². The molecule has 0 bridgehead atoms. The number of carbonyl (C=O) groups excluding carboxylic acids is 3. The van der Waals surface area contributed by atoms with E-state index < -0.39 is 5.91 Å². The molecule has 2 aliphatic heterocycles. The van der Waals surface area contributed by atoms with Crippen molar-refractivity contribution in [3.63, 3.8) is 0 Å². The molecule has 1 saturated heterocycles. The molecule has 154 valence electrons. The Morgan fingerprint density at radius 3 is 2.77 bits per heavy atom.